The SMILES string of the molecule is OCC1O[C@]2(OC3OC=CC4C[C@@H](O)C(O)(CO)C43)CC2(O)C(O)[C@@H]1O. The Kier molecular flexibility index (Phi) is 4.16. The highest BCUT2D eigenvalue weighted by molar-refractivity contribution is 5.23. The number of ether oxygens (including phenoxy) is 3. The van der Waals surface area contributed by atoms with Gasteiger partial charge in [0.25, 0.3) is 0 Å². The molecule has 0 aromatic rings. The van der Waals surface area contributed by atoms with Crippen LogP contribution >= 0.6 is 0 Å². The van der Waals surface area contributed by atoms with E-state index in [2.05, 4.69) is 0 Å². The molecule has 1 saturated heterocycles. The largest absolute Gasteiger partial charge is 0.472 e. The third kappa shape index (κ3) is 2.25. The summed E-state index contributed by atoms with van der Waals surface area (Å²) in [6.45, 7) is -1.32. The van der Waals surface area contributed by atoms with Gasteiger partial charge in [-0.25, -0.2) is 0 Å². The summed E-state index contributed by atoms with van der Waals surface area (Å²) in [5.41, 5.74) is -3.76. The fourth-order valence-corrected chi connectivity index (χ4v) is 4.55. The first-order chi connectivity index (χ1) is 12.2. The van der Waals surface area contributed by atoms with Crippen molar-refractivity contribution < 1.29 is 50.0 Å². The molecule has 7 N–H and O–H groups in total. The minimum atomic E-state index is -1.90. The zero-order valence-corrected chi connectivity index (χ0v) is 13.9. The maximum absolute atomic E-state index is 10.7. The highest BCUT2D eigenvalue weighted by Crippen LogP contribution is 2.60. The van der Waals surface area contributed by atoms with Crippen LogP contribution in [0.15, 0.2) is 12.3 Å². The Morgan fingerprint density at radius 2 is 1.88 bits per heavy atom. The van der Waals surface area contributed by atoms with E-state index in [9.17, 15) is 35.7 Å². The van der Waals surface area contributed by atoms with E-state index in [0.29, 0.717) is 0 Å². The van der Waals surface area contributed by atoms with E-state index in [1.54, 1.807) is 6.08 Å². The summed E-state index contributed by atoms with van der Waals surface area (Å²) in [6, 6.07) is 0. The summed E-state index contributed by atoms with van der Waals surface area (Å²) in [7, 11) is 0. The summed E-state index contributed by atoms with van der Waals surface area (Å²) >= 11 is 0. The van der Waals surface area contributed by atoms with Crippen LogP contribution in [0.5, 0.6) is 0 Å². The van der Waals surface area contributed by atoms with E-state index in [1.165, 1.54) is 6.26 Å². The van der Waals surface area contributed by atoms with Crippen molar-refractivity contribution in [1.29, 1.82) is 0 Å². The molecule has 0 spiro atoms. The van der Waals surface area contributed by atoms with Crippen LogP contribution in [-0.4, -0.2) is 96.7 Å². The maximum atomic E-state index is 10.7. The highest BCUT2D eigenvalue weighted by Gasteiger charge is 2.80. The second kappa shape index (κ2) is 5.84. The van der Waals surface area contributed by atoms with Crippen molar-refractivity contribution in [1.82, 2.24) is 0 Å². The standard InChI is InChI=1S/C16H24O10/c17-4-8-11(20)12(21)15(23)5-16(15,25-8)26-13-10-7(1-2-24-13)3-9(19)14(10,22)6-18/h1-2,7-13,17-23H,3-6H2/t7?,8?,9-,10?,11-,12?,13?,14?,15?,16+/m1/s1. The molecule has 148 valence electrons. The maximum Gasteiger partial charge on any atom is 0.208 e. The first kappa shape index (κ1) is 18.5. The summed E-state index contributed by atoms with van der Waals surface area (Å²) in [5, 5.41) is 70.5. The van der Waals surface area contributed by atoms with E-state index >= 15 is 0 Å². The van der Waals surface area contributed by atoms with Gasteiger partial charge in [-0.15, -0.1) is 0 Å². The van der Waals surface area contributed by atoms with Crippen LogP contribution in [0.1, 0.15) is 12.8 Å². The molecule has 10 atom stereocenters. The fraction of sp³-hybridized carbons (Fsp3) is 0.875. The van der Waals surface area contributed by atoms with E-state index in [-0.39, 0.29) is 18.8 Å². The third-order valence-corrected chi connectivity index (χ3v) is 6.25. The van der Waals surface area contributed by atoms with Gasteiger partial charge < -0.3 is 50.0 Å². The van der Waals surface area contributed by atoms with Crippen LogP contribution in [0.2, 0.25) is 0 Å². The Labute approximate surface area is 148 Å². The van der Waals surface area contributed by atoms with Gasteiger partial charge in [-0.3, -0.25) is 0 Å². The predicted octanol–water partition coefficient (Wildman–Crippen LogP) is -3.46. The summed E-state index contributed by atoms with van der Waals surface area (Å²) in [4.78, 5) is 0. The topological polar surface area (TPSA) is 169 Å². The van der Waals surface area contributed by atoms with Gasteiger partial charge >= 0.3 is 0 Å². The molecule has 0 aromatic heterocycles. The molecule has 2 aliphatic carbocycles. The Bertz CT molecular complexity index is 600. The van der Waals surface area contributed by atoms with E-state index in [0.717, 1.165) is 0 Å². The smallest absolute Gasteiger partial charge is 0.208 e. The highest BCUT2D eigenvalue weighted by atomic mass is 16.8. The van der Waals surface area contributed by atoms with Gasteiger partial charge in [-0.2, -0.15) is 0 Å². The van der Waals surface area contributed by atoms with Gasteiger partial charge in [0.2, 0.25) is 12.1 Å². The second-order valence-electron chi connectivity index (χ2n) is 7.67. The van der Waals surface area contributed by atoms with Crippen LogP contribution < -0.4 is 0 Å². The summed E-state index contributed by atoms with van der Waals surface area (Å²) in [5.74, 6) is -2.91. The monoisotopic (exact) mass is 376 g/mol. The average molecular weight is 376 g/mol. The first-order valence-corrected chi connectivity index (χ1v) is 8.61. The quantitative estimate of drug-likeness (QED) is 0.262. The molecule has 26 heavy (non-hydrogen) atoms. The molecule has 10 heteroatoms. The van der Waals surface area contributed by atoms with Crippen molar-refractivity contribution in [2.45, 2.75) is 60.5 Å². The Hall–Kier alpha value is -0.820. The average Bonchev–Trinajstić information content (AvgIpc) is 3.13. The minimum absolute atomic E-state index is 0.171. The molecule has 2 heterocycles. The van der Waals surface area contributed by atoms with Crippen molar-refractivity contribution in [3.8, 4) is 0 Å². The summed E-state index contributed by atoms with van der Waals surface area (Å²) < 4.78 is 16.7. The minimum Gasteiger partial charge on any atom is -0.472 e. The van der Waals surface area contributed by atoms with Crippen LogP contribution in [0.25, 0.3) is 0 Å². The molecule has 2 aliphatic heterocycles. The summed E-state index contributed by atoms with van der Waals surface area (Å²) in [6.07, 6.45) is -3.63. The number of aliphatic hydroxyl groups excluding tert-OH is 5. The molecule has 4 rings (SSSR count). The molecular formula is C16H24O10. The lowest BCUT2D eigenvalue weighted by molar-refractivity contribution is -0.353. The first-order valence-electron chi connectivity index (χ1n) is 8.61. The Morgan fingerprint density at radius 1 is 1.15 bits per heavy atom. The Balaban J connectivity index is 1.60. The van der Waals surface area contributed by atoms with Gasteiger partial charge in [0.1, 0.15) is 23.9 Å². The number of hydrogen-bond acceptors (Lipinski definition) is 10. The van der Waals surface area contributed by atoms with Gasteiger partial charge in [0.15, 0.2) is 5.60 Å². The van der Waals surface area contributed by atoms with Gasteiger partial charge in [-0.1, -0.05) is 0 Å². The van der Waals surface area contributed by atoms with Gasteiger partial charge in [0, 0.05) is 6.42 Å². The number of rotatable bonds is 4. The third-order valence-electron chi connectivity index (χ3n) is 6.25. The van der Waals surface area contributed by atoms with Crippen molar-refractivity contribution in [2.75, 3.05) is 13.2 Å². The van der Waals surface area contributed by atoms with Crippen LogP contribution in [0.4, 0.5) is 0 Å². The number of hydrogen-bond donors (Lipinski definition) is 7. The van der Waals surface area contributed by atoms with Crippen LogP contribution in [0.3, 0.4) is 0 Å². The fourth-order valence-electron chi connectivity index (χ4n) is 4.55. The van der Waals surface area contributed by atoms with Crippen LogP contribution in [-0.2, 0) is 14.2 Å². The molecule has 7 unspecified atom stereocenters. The lowest BCUT2D eigenvalue weighted by atomic mass is 9.84. The molecule has 0 bridgehead atoms. The second-order valence-corrected chi connectivity index (χ2v) is 7.67. The number of allylic oxidation sites excluding steroid dienone is 1. The van der Waals surface area contributed by atoms with Gasteiger partial charge in [-0.05, 0) is 18.4 Å². The normalized spacial score (nSPS) is 58.0. The number of aliphatic hydroxyl groups is 7. The zero-order chi connectivity index (χ0) is 18.9. The molecule has 0 radical (unpaired) electrons. The molecule has 3 fully saturated rings. The molecule has 10 nitrogen and oxygen atoms in total. The van der Waals surface area contributed by atoms with Crippen molar-refractivity contribution in [3.05, 3.63) is 12.3 Å². The Morgan fingerprint density at radius 3 is 2.54 bits per heavy atom. The molecule has 0 amide bonds. The lowest BCUT2D eigenvalue weighted by Crippen LogP contribution is -2.61. The van der Waals surface area contributed by atoms with Crippen molar-refractivity contribution >= 4 is 0 Å². The predicted molar refractivity (Wildman–Crippen MR) is 81.0 cm³/mol. The molecule has 2 saturated carbocycles. The van der Waals surface area contributed by atoms with E-state index in [1.807, 2.05) is 0 Å². The lowest BCUT2D eigenvalue weighted by Gasteiger charge is -2.43. The molecular weight excluding hydrogens is 352 g/mol. The number of fused-ring (bicyclic) bond motifs is 2. The van der Waals surface area contributed by atoms with Gasteiger partial charge in [0.05, 0.1) is 31.5 Å². The molecule has 4 aliphatic rings. The van der Waals surface area contributed by atoms with E-state index in [4.69, 9.17) is 14.2 Å². The molecule has 0 aromatic carbocycles. The zero-order valence-electron chi connectivity index (χ0n) is 13.9. The van der Waals surface area contributed by atoms with E-state index < -0.39 is 66.8 Å². The van der Waals surface area contributed by atoms with Crippen molar-refractivity contribution in [2.24, 2.45) is 11.8 Å². The van der Waals surface area contributed by atoms with Crippen LogP contribution in [0, 0.1) is 11.8 Å². The van der Waals surface area contributed by atoms with Crippen molar-refractivity contribution in [3.63, 3.8) is 0 Å².